The van der Waals surface area contributed by atoms with Crippen LogP contribution in [0, 0.1) is 0 Å². The van der Waals surface area contributed by atoms with Crippen molar-refractivity contribution in [1.29, 1.82) is 0 Å². The molecule has 1 atom stereocenters. The highest BCUT2D eigenvalue weighted by Crippen LogP contribution is 2.29. The van der Waals surface area contributed by atoms with E-state index in [4.69, 9.17) is 19.8 Å². The van der Waals surface area contributed by atoms with E-state index in [1.807, 2.05) is 30.0 Å². The number of carboxylic acids is 2. The van der Waals surface area contributed by atoms with Crippen LogP contribution in [0.4, 0.5) is 0 Å². The molecular weight excluding hydrogens is 384 g/mol. The average molecular weight is 412 g/mol. The van der Waals surface area contributed by atoms with E-state index in [0.29, 0.717) is 13.0 Å². The van der Waals surface area contributed by atoms with Crippen molar-refractivity contribution >= 4 is 17.8 Å². The summed E-state index contributed by atoms with van der Waals surface area (Å²) < 4.78 is 0. The first-order valence-electron chi connectivity index (χ1n) is 9.89. The summed E-state index contributed by atoms with van der Waals surface area (Å²) in [4.78, 5) is 35.1. The van der Waals surface area contributed by atoms with Crippen molar-refractivity contribution < 1.29 is 24.6 Å². The lowest BCUT2D eigenvalue weighted by atomic mass is 9.92. The number of nitrogens with zero attached hydrogens (tertiary/aromatic N) is 2. The Morgan fingerprint density at radius 2 is 1.60 bits per heavy atom. The molecule has 0 aliphatic carbocycles. The van der Waals surface area contributed by atoms with E-state index in [-0.39, 0.29) is 11.9 Å². The van der Waals surface area contributed by atoms with Gasteiger partial charge in [0.25, 0.3) is 0 Å². The Morgan fingerprint density at radius 3 is 2.20 bits per heavy atom. The summed E-state index contributed by atoms with van der Waals surface area (Å²) in [5, 5.41) is 14.8. The Morgan fingerprint density at radius 1 is 1.00 bits per heavy atom. The van der Waals surface area contributed by atoms with Crippen molar-refractivity contribution in [2.75, 3.05) is 20.1 Å². The largest absolute Gasteiger partial charge is 0.473 e. The first-order valence-corrected chi connectivity index (χ1v) is 9.89. The Labute approximate surface area is 176 Å². The van der Waals surface area contributed by atoms with Gasteiger partial charge in [-0.05, 0) is 30.2 Å². The standard InChI is InChI=1S/C21H26N2O.C2H2O4/c1-3-21(24)23(15-17-9-5-4-6-10-17)16-20-19-12-8-7-11-18(19)13-14-22(20)2;3-1(4)2(5)6/h4-12,20H,3,13-16H2,1-2H3;(H,3,4)(H,5,6). The molecule has 0 saturated heterocycles. The molecule has 30 heavy (non-hydrogen) atoms. The topological polar surface area (TPSA) is 98.2 Å². The molecule has 1 aliphatic heterocycles. The number of rotatable bonds is 5. The number of hydrogen-bond acceptors (Lipinski definition) is 4. The molecule has 1 aliphatic rings. The molecule has 160 valence electrons. The fourth-order valence-corrected chi connectivity index (χ4v) is 3.51. The van der Waals surface area contributed by atoms with Crippen molar-refractivity contribution in [1.82, 2.24) is 9.80 Å². The van der Waals surface area contributed by atoms with Gasteiger partial charge in [-0.2, -0.15) is 0 Å². The lowest BCUT2D eigenvalue weighted by Crippen LogP contribution is -2.42. The molecule has 7 nitrogen and oxygen atoms in total. The van der Waals surface area contributed by atoms with E-state index in [1.54, 1.807) is 0 Å². The third-order valence-electron chi connectivity index (χ3n) is 5.13. The van der Waals surface area contributed by atoms with Crippen LogP contribution in [0.1, 0.15) is 36.1 Å². The van der Waals surface area contributed by atoms with Crippen LogP contribution in [0.15, 0.2) is 54.6 Å². The Kier molecular flexibility index (Phi) is 8.55. The maximum absolute atomic E-state index is 12.5. The minimum absolute atomic E-state index is 0.218. The number of carbonyl (C=O) groups excluding carboxylic acids is 1. The molecule has 1 heterocycles. The molecular formula is C23H28N2O5. The molecule has 2 N–H and O–H groups in total. The molecule has 3 rings (SSSR count). The van der Waals surface area contributed by atoms with E-state index in [2.05, 4.69) is 48.3 Å². The van der Waals surface area contributed by atoms with Crippen LogP contribution in [0.5, 0.6) is 0 Å². The molecule has 0 saturated carbocycles. The third kappa shape index (κ3) is 6.42. The third-order valence-corrected chi connectivity index (χ3v) is 5.13. The van der Waals surface area contributed by atoms with E-state index in [1.165, 1.54) is 16.7 Å². The zero-order valence-corrected chi connectivity index (χ0v) is 17.3. The maximum Gasteiger partial charge on any atom is 0.414 e. The number of likely N-dealkylation sites (N-methyl/N-ethyl adjacent to an activating group) is 1. The average Bonchev–Trinajstić information content (AvgIpc) is 2.75. The second-order valence-corrected chi connectivity index (χ2v) is 7.17. The van der Waals surface area contributed by atoms with Crippen molar-refractivity contribution in [3.63, 3.8) is 0 Å². The molecule has 0 radical (unpaired) electrons. The van der Waals surface area contributed by atoms with E-state index >= 15 is 0 Å². The summed E-state index contributed by atoms with van der Waals surface area (Å²) in [5.41, 5.74) is 3.98. The van der Waals surface area contributed by atoms with Gasteiger partial charge in [0, 0.05) is 26.1 Å². The molecule has 0 bridgehead atoms. The van der Waals surface area contributed by atoms with Crippen molar-refractivity contribution in [3.8, 4) is 0 Å². The van der Waals surface area contributed by atoms with E-state index < -0.39 is 11.9 Å². The minimum atomic E-state index is -1.82. The number of hydrogen-bond donors (Lipinski definition) is 2. The van der Waals surface area contributed by atoms with Gasteiger partial charge >= 0.3 is 11.9 Å². The Bertz CT molecular complexity index is 857. The fraction of sp³-hybridized carbons (Fsp3) is 0.348. The van der Waals surface area contributed by atoms with Crippen LogP contribution in [0.3, 0.4) is 0 Å². The number of carbonyl (C=O) groups is 3. The molecule has 1 amide bonds. The van der Waals surface area contributed by atoms with Gasteiger partial charge < -0.3 is 15.1 Å². The maximum atomic E-state index is 12.5. The lowest BCUT2D eigenvalue weighted by molar-refractivity contribution is -0.159. The summed E-state index contributed by atoms with van der Waals surface area (Å²) in [6, 6.07) is 19.2. The van der Waals surface area contributed by atoms with E-state index in [0.717, 1.165) is 19.5 Å². The van der Waals surface area contributed by atoms with Crippen molar-refractivity contribution in [3.05, 3.63) is 71.3 Å². The molecule has 2 aromatic carbocycles. The van der Waals surface area contributed by atoms with Gasteiger partial charge in [0.1, 0.15) is 0 Å². The molecule has 7 heteroatoms. The van der Waals surface area contributed by atoms with Gasteiger partial charge in [-0.3, -0.25) is 9.69 Å². The van der Waals surface area contributed by atoms with Crippen LogP contribution in [-0.2, 0) is 27.3 Å². The van der Waals surface area contributed by atoms with E-state index in [9.17, 15) is 4.79 Å². The first-order chi connectivity index (χ1) is 14.3. The van der Waals surface area contributed by atoms with Crippen LogP contribution < -0.4 is 0 Å². The van der Waals surface area contributed by atoms with Gasteiger partial charge in [0.2, 0.25) is 5.91 Å². The summed E-state index contributed by atoms with van der Waals surface area (Å²) in [7, 11) is 2.16. The molecule has 1 unspecified atom stereocenters. The second kappa shape index (κ2) is 11.1. The van der Waals surface area contributed by atoms with Crippen LogP contribution >= 0.6 is 0 Å². The highest BCUT2D eigenvalue weighted by atomic mass is 16.4. The summed E-state index contributed by atoms with van der Waals surface area (Å²) in [5.74, 6) is -3.43. The predicted molar refractivity (Wildman–Crippen MR) is 113 cm³/mol. The monoisotopic (exact) mass is 412 g/mol. The number of carboxylic acid groups (broad SMARTS) is 2. The zero-order chi connectivity index (χ0) is 22.1. The number of aliphatic carboxylic acids is 2. The Hall–Kier alpha value is -3.19. The van der Waals surface area contributed by atoms with Gasteiger partial charge in [-0.25, -0.2) is 9.59 Å². The first kappa shape index (κ1) is 23.1. The quantitative estimate of drug-likeness (QED) is 0.733. The predicted octanol–water partition coefficient (Wildman–Crippen LogP) is 2.81. The zero-order valence-electron chi connectivity index (χ0n) is 17.3. The minimum Gasteiger partial charge on any atom is -0.473 e. The van der Waals surface area contributed by atoms with Crippen molar-refractivity contribution in [2.45, 2.75) is 32.4 Å². The number of amides is 1. The summed E-state index contributed by atoms with van der Waals surface area (Å²) in [6.45, 7) is 4.41. The van der Waals surface area contributed by atoms with Crippen LogP contribution in [0.2, 0.25) is 0 Å². The fourth-order valence-electron chi connectivity index (χ4n) is 3.51. The van der Waals surface area contributed by atoms with Gasteiger partial charge in [0.15, 0.2) is 0 Å². The Balaban J connectivity index is 0.000000469. The second-order valence-electron chi connectivity index (χ2n) is 7.17. The molecule has 0 spiro atoms. The van der Waals surface area contributed by atoms with Crippen LogP contribution in [-0.4, -0.2) is 58.0 Å². The summed E-state index contributed by atoms with van der Waals surface area (Å²) >= 11 is 0. The molecule has 0 aromatic heterocycles. The lowest BCUT2D eigenvalue weighted by Gasteiger charge is -2.38. The van der Waals surface area contributed by atoms with Crippen LogP contribution in [0.25, 0.3) is 0 Å². The normalized spacial score (nSPS) is 15.3. The SMILES string of the molecule is CCC(=O)N(Cc1ccccc1)CC1c2ccccc2CCN1C.O=C(O)C(=O)O. The van der Waals surface area contributed by atoms with Gasteiger partial charge in [0.05, 0.1) is 6.04 Å². The van der Waals surface area contributed by atoms with Gasteiger partial charge in [-0.15, -0.1) is 0 Å². The number of fused-ring (bicyclic) bond motifs is 1. The number of benzene rings is 2. The highest BCUT2D eigenvalue weighted by Gasteiger charge is 2.27. The molecule has 0 fully saturated rings. The van der Waals surface area contributed by atoms with Crippen molar-refractivity contribution in [2.24, 2.45) is 0 Å². The smallest absolute Gasteiger partial charge is 0.414 e. The summed E-state index contributed by atoms with van der Waals surface area (Å²) in [6.07, 6.45) is 1.63. The highest BCUT2D eigenvalue weighted by molar-refractivity contribution is 6.27. The molecule has 2 aromatic rings. The van der Waals surface area contributed by atoms with Gasteiger partial charge in [-0.1, -0.05) is 61.5 Å².